The lowest BCUT2D eigenvalue weighted by Gasteiger charge is -2.22. The molecule has 0 bridgehead atoms. The number of rotatable bonds is 8. The Labute approximate surface area is 105 Å². The molecule has 1 heterocycles. The first-order valence-electron chi connectivity index (χ1n) is 6.72. The lowest BCUT2D eigenvalue weighted by molar-refractivity contribution is -0.00864. The van der Waals surface area contributed by atoms with Gasteiger partial charge < -0.3 is 19.9 Å². The minimum absolute atomic E-state index is 0.395. The van der Waals surface area contributed by atoms with Gasteiger partial charge in [-0.15, -0.1) is 0 Å². The van der Waals surface area contributed by atoms with Crippen molar-refractivity contribution in [2.75, 3.05) is 39.5 Å². The van der Waals surface area contributed by atoms with Crippen LogP contribution < -0.4 is 5.32 Å². The van der Waals surface area contributed by atoms with E-state index in [2.05, 4.69) is 19.2 Å². The minimum atomic E-state index is -0.395. The smallest absolute Gasteiger partial charge is 0.0897 e. The summed E-state index contributed by atoms with van der Waals surface area (Å²) in [6.45, 7) is 8.76. The zero-order valence-electron chi connectivity index (χ0n) is 11.2. The van der Waals surface area contributed by atoms with E-state index in [0.29, 0.717) is 25.0 Å². The molecule has 2 N–H and O–H groups in total. The molecule has 0 aromatic carbocycles. The Morgan fingerprint density at radius 2 is 2.00 bits per heavy atom. The third-order valence-corrected chi connectivity index (χ3v) is 2.94. The van der Waals surface area contributed by atoms with Crippen molar-refractivity contribution in [1.82, 2.24) is 5.32 Å². The molecule has 1 aliphatic heterocycles. The van der Waals surface area contributed by atoms with Gasteiger partial charge in [0.2, 0.25) is 0 Å². The molecule has 4 nitrogen and oxygen atoms in total. The van der Waals surface area contributed by atoms with E-state index in [4.69, 9.17) is 9.47 Å². The minimum Gasteiger partial charge on any atom is -0.389 e. The highest BCUT2D eigenvalue weighted by atomic mass is 16.5. The van der Waals surface area contributed by atoms with Crippen molar-refractivity contribution < 1.29 is 14.6 Å². The van der Waals surface area contributed by atoms with Crippen LogP contribution >= 0.6 is 0 Å². The summed E-state index contributed by atoms with van der Waals surface area (Å²) in [5.74, 6) is 1.23. The third kappa shape index (κ3) is 7.71. The van der Waals surface area contributed by atoms with Crippen LogP contribution in [0.5, 0.6) is 0 Å². The monoisotopic (exact) mass is 245 g/mol. The van der Waals surface area contributed by atoms with Crippen LogP contribution in [0.4, 0.5) is 0 Å². The van der Waals surface area contributed by atoms with Gasteiger partial charge >= 0.3 is 0 Å². The maximum atomic E-state index is 9.68. The molecule has 0 aliphatic carbocycles. The Morgan fingerprint density at radius 1 is 1.29 bits per heavy atom. The highest BCUT2D eigenvalue weighted by molar-refractivity contribution is 4.64. The van der Waals surface area contributed by atoms with Crippen molar-refractivity contribution in [1.29, 1.82) is 0 Å². The molecule has 0 aromatic rings. The second-order valence-electron chi connectivity index (χ2n) is 5.30. The highest BCUT2D eigenvalue weighted by Gasteiger charge is 2.14. The Kier molecular flexibility index (Phi) is 7.77. The first-order valence-corrected chi connectivity index (χ1v) is 6.72. The second kappa shape index (κ2) is 8.86. The van der Waals surface area contributed by atoms with Crippen LogP contribution in [-0.2, 0) is 9.47 Å². The van der Waals surface area contributed by atoms with Gasteiger partial charge in [0.25, 0.3) is 0 Å². The van der Waals surface area contributed by atoms with Gasteiger partial charge in [0.05, 0.1) is 12.7 Å². The first kappa shape index (κ1) is 14.9. The molecule has 0 radical (unpaired) electrons. The maximum absolute atomic E-state index is 9.68. The topological polar surface area (TPSA) is 50.7 Å². The molecule has 0 aromatic heterocycles. The van der Waals surface area contributed by atoms with Crippen LogP contribution in [-0.4, -0.2) is 50.7 Å². The van der Waals surface area contributed by atoms with Gasteiger partial charge in [0.15, 0.2) is 0 Å². The fourth-order valence-corrected chi connectivity index (χ4v) is 1.88. The van der Waals surface area contributed by atoms with Crippen LogP contribution in [0.15, 0.2) is 0 Å². The SMILES string of the molecule is CC(C)CNCC(O)COCC1CCOCC1. The fourth-order valence-electron chi connectivity index (χ4n) is 1.88. The molecule has 0 spiro atoms. The van der Waals surface area contributed by atoms with Gasteiger partial charge in [-0.1, -0.05) is 13.8 Å². The summed E-state index contributed by atoms with van der Waals surface area (Å²) in [6.07, 6.45) is 1.78. The van der Waals surface area contributed by atoms with Gasteiger partial charge in [-0.25, -0.2) is 0 Å². The van der Waals surface area contributed by atoms with Crippen molar-refractivity contribution in [3.05, 3.63) is 0 Å². The van der Waals surface area contributed by atoms with E-state index in [0.717, 1.165) is 39.2 Å². The fraction of sp³-hybridized carbons (Fsp3) is 1.00. The summed E-state index contributed by atoms with van der Waals surface area (Å²) in [4.78, 5) is 0. The summed E-state index contributed by atoms with van der Waals surface area (Å²) in [5.41, 5.74) is 0. The van der Waals surface area contributed by atoms with Crippen LogP contribution in [0.25, 0.3) is 0 Å². The molecule has 1 rings (SSSR count). The molecule has 0 amide bonds. The van der Waals surface area contributed by atoms with Crippen molar-refractivity contribution in [3.63, 3.8) is 0 Å². The molecule has 1 unspecified atom stereocenters. The predicted octanol–water partition coefficient (Wildman–Crippen LogP) is 1.04. The van der Waals surface area contributed by atoms with E-state index in [9.17, 15) is 5.11 Å². The summed E-state index contributed by atoms with van der Waals surface area (Å²) in [5, 5.41) is 12.9. The van der Waals surface area contributed by atoms with E-state index in [1.54, 1.807) is 0 Å². The van der Waals surface area contributed by atoms with E-state index >= 15 is 0 Å². The largest absolute Gasteiger partial charge is 0.389 e. The second-order valence-corrected chi connectivity index (χ2v) is 5.30. The van der Waals surface area contributed by atoms with Crippen molar-refractivity contribution in [2.24, 2.45) is 11.8 Å². The summed E-state index contributed by atoms with van der Waals surface area (Å²) in [6, 6.07) is 0. The van der Waals surface area contributed by atoms with Gasteiger partial charge in [0, 0.05) is 26.4 Å². The Bertz CT molecular complexity index is 182. The Hall–Kier alpha value is -0.160. The molecule has 4 heteroatoms. The normalized spacial score (nSPS) is 19.8. The molecule has 1 saturated heterocycles. The number of aliphatic hydroxyl groups is 1. The quantitative estimate of drug-likeness (QED) is 0.671. The van der Waals surface area contributed by atoms with Gasteiger partial charge in [-0.05, 0) is 31.2 Å². The van der Waals surface area contributed by atoms with Gasteiger partial charge in [0.1, 0.15) is 0 Å². The van der Waals surface area contributed by atoms with Crippen LogP contribution in [0.3, 0.4) is 0 Å². The number of hydrogen-bond acceptors (Lipinski definition) is 4. The molecule has 0 saturated carbocycles. The Morgan fingerprint density at radius 3 is 2.65 bits per heavy atom. The number of ether oxygens (including phenoxy) is 2. The molecular formula is C13H27NO3. The van der Waals surface area contributed by atoms with E-state index < -0.39 is 6.10 Å². The van der Waals surface area contributed by atoms with E-state index in [1.807, 2.05) is 0 Å². The average Bonchev–Trinajstić information content (AvgIpc) is 2.30. The van der Waals surface area contributed by atoms with Crippen molar-refractivity contribution in [2.45, 2.75) is 32.8 Å². The lowest BCUT2D eigenvalue weighted by atomic mass is 10.0. The van der Waals surface area contributed by atoms with Crippen molar-refractivity contribution >= 4 is 0 Å². The first-order chi connectivity index (χ1) is 8.18. The number of hydrogen-bond donors (Lipinski definition) is 2. The van der Waals surface area contributed by atoms with Crippen molar-refractivity contribution in [3.8, 4) is 0 Å². The van der Waals surface area contributed by atoms with Crippen LogP contribution in [0.1, 0.15) is 26.7 Å². The Balaban J connectivity index is 1.93. The summed E-state index contributed by atoms with van der Waals surface area (Å²) in [7, 11) is 0. The summed E-state index contributed by atoms with van der Waals surface area (Å²) < 4.78 is 10.8. The number of aliphatic hydroxyl groups excluding tert-OH is 1. The molecular weight excluding hydrogens is 218 g/mol. The molecule has 1 fully saturated rings. The van der Waals surface area contributed by atoms with Gasteiger partial charge in [-0.3, -0.25) is 0 Å². The van der Waals surface area contributed by atoms with Crippen LogP contribution in [0, 0.1) is 11.8 Å². The summed E-state index contributed by atoms with van der Waals surface area (Å²) >= 11 is 0. The highest BCUT2D eigenvalue weighted by Crippen LogP contribution is 2.14. The molecule has 102 valence electrons. The molecule has 17 heavy (non-hydrogen) atoms. The standard InChI is InChI=1S/C13H27NO3/c1-11(2)7-14-8-13(15)10-17-9-12-3-5-16-6-4-12/h11-15H,3-10H2,1-2H3. The van der Waals surface area contributed by atoms with E-state index in [-0.39, 0.29) is 0 Å². The van der Waals surface area contributed by atoms with Crippen LogP contribution in [0.2, 0.25) is 0 Å². The predicted molar refractivity (Wildman–Crippen MR) is 68.1 cm³/mol. The third-order valence-electron chi connectivity index (χ3n) is 2.94. The maximum Gasteiger partial charge on any atom is 0.0897 e. The number of nitrogens with one attached hydrogen (secondary N) is 1. The molecule has 1 atom stereocenters. The van der Waals surface area contributed by atoms with E-state index in [1.165, 1.54) is 0 Å². The molecule has 1 aliphatic rings. The van der Waals surface area contributed by atoms with Gasteiger partial charge in [-0.2, -0.15) is 0 Å². The average molecular weight is 245 g/mol. The lowest BCUT2D eigenvalue weighted by Crippen LogP contribution is -2.33. The zero-order chi connectivity index (χ0) is 12.5. The zero-order valence-corrected chi connectivity index (χ0v) is 11.2.